The van der Waals surface area contributed by atoms with E-state index in [-0.39, 0.29) is 11.9 Å². The van der Waals surface area contributed by atoms with Gasteiger partial charge in [0.15, 0.2) is 5.13 Å². The lowest BCUT2D eigenvalue weighted by Crippen LogP contribution is -2.31. The Hall–Kier alpha value is -2.93. The molecule has 31 heavy (non-hydrogen) atoms. The summed E-state index contributed by atoms with van der Waals surface area (Å²) in [5, 5.41) is 4.12. The minimum atomic E-state index is 0.00554. The highest BCUT2D eigenvalue weighted by molar-refractivity contribution is 7.15. The lowest BCUT2D eigenvalue weighted by atomic mass is 9.99. The molecule has 2 aliphatic heterocycles. The number of likely N-dealkylation sites (tertiary alicyclic amines) is 1. The number of nitrogens with one attached hydrogen (secondary N) is 1. The molecule has 160 valence electrons. The van der Waals surface area contributed by atoms with Crippen molar-refractivity contribution in [2.24, 2.45) is 0 Å². The predicted molar refractivity (Wildman–Crippen MR) is 125 cm³/mol. The quantitative estimate of drug-likeness (QED) is 0.631. The van der Waals surface area contributed by atoms with E-state index < -0.39 is 0 Å². The number of fused-ring (bicyclic) bond motifs is 1. The second-order valence-electron chi connectivity index (χ2n) is 8.37. The molecule has 5 rings (SSSR count). The maximum absolute atomic E-state index is 13.4. The number of nitrogens with zero attached hydrogens (tertiary/aromatic N) is 4. The van der Waals surface area contributed by atoms with Gasteiger partial charge in [-0.15, -0.1) is 11.3 Å². The van der Waals surface area contributed by atoms with Crippen LogP contribution in [0, 0.1) is 6.92 Å². The van der Waals surface area contributed by atoms with Gasteiger partial charge in [-0.1, -0.05) is 6.07 Å². The van der Waals surface area contributed by atoms with Crippen molar-refractivity contribution in [3.63, 3.8) is 0 Å². The first-order chi connectivity index (χ1) is 15.1. The van der Waals surface area contributed by atoms with E-state index in [0.29, 0.717) is 0 Å². The number of rotatable bonds is 4. The van der Waals surface area contributed by atoms with Crippen molar-refractivity contribution in [3.05, 3.63) is 64.3 Å². The average molecular weight is 434 g/mol. The normalized spacial score (nSPS) is 18.2. The fourth-order valence-electron chi connectivity index (χ4n) is 4.63. The molecule has 3 aromatic rings. The molecule has 4 heterocycles. The maximum atomic E-state index is 13.4. The molecular weight excluding hydrogens is 406 g/mol. The largest absolute Gasteiger partial charge is 0.374 e. The van der Waals surface area contributed by atoms with Crippen LogP contribution >= 0.6 is 11.3 Å². The molecule has 2 aromatic heterocycles. The molecule has 1 fully saturated rings. The van der Waals surface area contributed by atoms with Gasteiger partial charge in [0.05, 0.1) is 11.7 Å². The van der Waals surface area contributed by atoms with Crippen molar-refractivity contribution in [2.75, 3.05) is 30.4 Å². The third-order valence-electron chi connectivity index (χ3n) is 6.16. The van der Waals surface area contributed by atoms with Crippen molar-refractivity contribution in [2.45, 2.75) is 38.6 Å². The Morgan fingerprint density at radius 2 is 2.10 bits per heavy atom. The van der Waals surface area contributed by atoms with Crippen molar-refractivity contribution < 1.29 is 4.79 Å². The van der Waals surface area contributed by atoms with E-state index in [9.17, 15) is 4.79 Å². The lowest BCUT2D eigenvalue weighted by molar-refractivity contribution is 0.0733. The van der Waals surface area contributed by atoms with Gasteiger partial charge >= 0.3 is 0 Å². The van der Waals surface area contributed by atoms with Crippen LogP contribution in [0.15, 0.2) is 42.6 Å². The van der Waals surface area contributed by atoms with Gasteiger partial charge in [0, 0.05) is 42.5 Å². The Bertz CT molecular complexity index is 1110. The van der Waals surface area contributed by atoms with Crippen LogP contribution in [0.5, 0.6) is 0 Å². The number of anilines is 3. The SMILES string of the molecule is Cc1cnc(Nc2cccc([C@H]3CCCN3C(=O)c3ccc4c(c3)CCCN4C)n2)s1. The first kappa shape index (κ1) is 20.0. The van der Waals surface area contributed by atoms with Crippen molar-refractivity contribution in [1.82, 2.24) is 14.9 Å². The molecule has 0 radical (unpaired) electrons. The number of hydrogen-bond acceptors (Lipinski definition) is 6. The van der Waals surface area contributed by atoms with Crippen LogP contribution in [-0.4, -0.2) is 40.9 Å². The van der Waals surface area contributed by atoms with Gasteiger partial charge in [-0.05, 0) is 68.5 Å². The topological polar surface area (TPSA) is 61.4 Å². The molecular formula is C24H27N5OS. The fourth-order valence-corrected chi connectivity index (χ4v) is 5.30. The van der Waals surface area contributed by atoms with Crippen LogP contribution in [0.25, 0.3) is 0 Å². The third-order valence-corrected chi connectivity index (χ3v) is 6.99. The third kappa shape index (κ3) is 4.02. The van der Waals surface area contributed by atoms with Crippen LogP contribution < -0.4 is 10.2 Å². The number of hydrogen-bond donors (Lipinski definition) is 1. The molecule has 1 atom stereocenters. The van der Waals surface area contributed by atoms with Crippen LogP contribution in [-0.2, 0) is 6.42 Å². The summed E-state index contributed by atoms with van der Waals surface area (Å²) in [5.41, 5.74) is 4.24. The molecule has 6 nitrogen and oxygen atoms in total. The number of carbonyl (C=O) groups is 1. The summed E-state index contributed by atoms with van der Waals surface area (Å²) in [6, 6.07) is 12.2. The summed E-state index contributed by atoms with van der Waals surface area (Å²) in [6.45, 7) is 3.88. The lowest BCUT2D eigenvalue weighted by Gasteiger charge is -2.29. The van der Waals surface area contributed by atoms with Gasteiger partial charge in [0.2, 0.25) is 0 Å². The number of aromatic nitrogens is 2. The van der Waals surface area contributed by atoms with Crippen LogP contribution in [0.1, 0.15) is 51.8 Å². The summed E-state index contributed by atoms with van der Waals surface area (Å²) in [4.78, 5) is 28.0. The van der Waals surface area contributed by atoms with Crippen molar-refractivity contribution >= 4 is 33.9 Å². The molecule has 0 saturated carbocycles. The molecule has 0 bridgehead atoms. The number of pyridine rings is 1. The Morgan fingerprint density at radius 1 is 1.19 bits per heavy atom. The van der Waals surface area contributed by atoms with Crippen molar-refractivity contribution in [1.29, 1.82) is 0 Å². The van der Waals surface area contributed by atoms with Crippen LogP contribution in [0.4, 0.5) is 16.6 Å². The summed E-state index contributed by atoms with van der Waals surface area (Å²) < 4.78 is 0. The highest BCUT2D eigenvalue weighted by atomic mass is 32.1. The number of thiazole rings is 1. The molecule has 7 heteroatoms. The fraction of sp³-hybridized carbons (Fsp3) is 0.375. The standard InChI is InChI=1S/C24H27N5OS/c1-16-15-25-24(31-16)27-22-9-3-7-19(26-22)21-8-5-13-29(21)23(30)18-10-11-20-17(14-18)6-4-12-28(20)2/h3,7,9-11,14-15,21H,4-6,8,12-13H2,1-2H3,(H,25,26,27)/t21-/m1/s1. The summed E-state index contributed by atoms with van der Waals surface area (Å²) >= 11 is 1.60. The zero-order chi connectivity index (χ0) is 21.4. The molecule has 1 saturated heterocycles. The van der Waals surface area contributed by atoms with E-state index in [2.05, 4.69) is 34.4 Å². The molecule has 1 aromatic carbocycles. The summed E-state index contributed by atoms with van der Waals surface area (Å²) in [6.07, 6.45) is 5.96. The number of carbonyl (C=O) groups excluding carboxylic acids is 1. The van der Waals surface area contributed by atoms with Gasteiger partial charge in [-0.25, -0.2) is 9.97 Å². The summed E-state index contributed by atoms with van der Waals surface area (Å²) in [5.74, 6) is 0.872. The van der Waals surface area contributed by atoms with Crippen molar-refractivity contribution in [3.8, 4) is 0 Å². The Balaban J connectivity index is 1.37. The van der Waals surface area contributed by atoms with E-state index in [1.54, 1.807) is 11.3 Å². The number of aryl methyl sites for hydroxylation is 2. The minimum absolute atomic E-state index is 0.00554. The monoisotopic (exact) mass is 433 g/mol. The highest BCUT2D eigenvalue weighted by Crippen LogP contribution is 2.34. The molecule has 2 aliphatic rings. The van der Waals surface area contributed by atoms with Crippen LogP contribution in [0.3, 0.4) is 0 Å². The zero-order valence-corrected chi connectivity index (χ0v) is 18.8. The maximum Gasteiger partial charge on any atom is 0.254 e. The first-order valence-electron chi connectivity index (χ1n) is 10.9. The second-order valence-corrected chi connectivity index (χ2v) is 9.61. The minimum Gasteiger partial charge on any atom is -0.374 e. The molecule has 0 aliphatic carbocycles. The smallest absolute Gasteiger partial charge is 0.254 e. The van der Waals surface area contributed by atoms with E-state index >= 15 is 0 Å². The van der Waals surface area contributed by atoms with Gasteiger partial charge in [-0.2, -0.15) is 0 Å². The van der Waals surface area contributed by atoms with Crippen LogP contribution in [0.2, 0.25) is 0 Å². The first-order valence-corrected chi connectivity index (χ1v) is 11.7. The highest BCUT2D eigenvalue weighted by Gasteiger charge is 2.32. The van der Waals surface area contributed by atoms with E-state index in [0.717, 1.165) is 65.9 Å². The van der Waals surface area contributed by atoms with Gasteiger partial charge in [0.25, 0.3) is 5.91 Å². The Morgan fingerprint density at radius 3 is 2.94 bits per heavy atom. The molecule has 0 spiro atoms. The summed E-state index contributed by atoms with van der Waals surface area (Å²) in [7, 11) is 2.12. The zero-order valence-electron chi connectivity index (χ0n) is 18.0. The second kappa shape index (κ2) is 8.30. The van der Waals surface area contributed by atoms with Gasteiger partial charge in [-0.3, -0.25) is 4.79 Å². The molecule has 1 N–H and O–H groups in total. The van der Waals surface area contributed by atoms with E-state index in [4.69, 9.17) is 4.98 Å². The molecule has 0 unspecified atom stereocenters. The number of amides is 1. The van der Waals surface area contributed by atoms with E-state index in [1.165, 1.54) is 11.3 Å². The van der Waals surface area contributed by atoms with Gasteiger partial charge in [0.1, 0.15) is 5.82 Å². The van der Waals surface area contributed by atoms with E-state index in [1.807, 2.05) is 42.3 Å². The average Bonchev–Trinajstić information content (AvgIpc) is 3.42. The predicted octanol–water partition coefficient (Wildman–Crippen LogP) is 4.95. The number of benzene rings is 1. The van der Waals surface area contributed by atoms with Gasteiger partial charge < -0.3 is 15.1 Å². The molecule has 1 amide bonds. The Labute approximate surface area is 186 Å². The Kier molecular flexibility index (Phi) is 5.36.